The van der Waals surface area contributed by atoms with Gasteiger partial charge < -0.3 is 10.3 Å². The maximum atomic E-state index is 13.4. The average molecular weight is 367 g/mol. The second kappa shape index (κ2) is 6.16. The molecule has 4 rings (SSSR count). The van der Waals surface area contributed by atoms with Crippen LogP contribution in [0.3, 0.4) is 0 Å². The number of benzene rings is 3. The zero-order chi connectivity index (χ0) is 19.2. The lowest BCUT2D eigenvalue weighted by Gasteiger charge is -2.14. The van der Waals surface area contributed by atoms with E-state index in [1.807, 2.05) is 0 Å². The van der Waals surface area contributed by atoms with Gasteiger partial charge >= 0.3 is 6.18 Å². The van der Waals surface area contributed by atoms with Crippen molar-refractivity contribution in [1.29, 1.82) is 0 Å². The van der Waals surface area contributed by atoms with Crippen molar-refractivity contribution in [2.75, 3.05) is 0 Å². The number of primary amides is 1. The standard InChI is InChI=1S/C21H14F3N2O/c22-21(23,24)16-9-3-1-6-13(16)12-26-17-10-4-2-7-14(17)19-15(20(25)27)8-5-11-18(19)26/h1-6,8-11H,12H2,(H2,25,27). The minimum atomic E-state index is -4.44. The molecule has 27 heavy (non-hydrogen) atoms. The van der Waals surface area contributed by atoms with Crippen molar-refractivity contribution in [3.8, 4) is 0 Å². The van der Waals surface area contributed by atoms with Crippen LogP contribution in [-0.4, -0.2) is 10.5 Å². The average Bonchev–Trinajstić information content (AvgIpc) is 2.95. The summed E-state index contributed by atoms with van der Waals surface area (Å²) in [4.78, 5) is 11.9. The predicted octanol–water partition coefficient (Wildman–Crippen LogP) is 4.76. The quantitative estimate of drug-likeness (QED) is 0.558. The number of rotatable bonds is 3. The monoisotopic (exact) mass is 367 g/mol. The van der Waals surface area contributed by atoms with Crippen LogP contribution in [0.2, 0.25) is 0 Å². The van der Waals surface area contributed by atoms with Gasteiger partial charge in [0.25, 0.3) is 0 Å². The van der Waals surface area contributed by atoms with Gasteiger partial charge in [0.15, 0.2) is 0 Å². The van der Waals surface area contributed by atoms with Gasteiger partial charge in [-0.1, -0.05) is 36.4 Å². The first-order valence-electron chi connectivity index (χ1n) is 8.24. The van der Waals surface area contributed by atoms with Crippen molar-refractivity contribution < 1.29 is 18.0 Å². The molecule has 0 aliphatic rings. The molecule has 3 nitrogen and oxygen atoms in total. The first kappa shape index (κ1) is 17.1. The number of carbonyl (C=O) groups excluding carboxylic acids is 1. The van der Waals surface area contributed by atoms with Gasteiger partial charge in [-0.2, -0.15) is 13.2 Å². The van der Waals surface area contributed by atoms with Crippen LogP contribution in [0.4, 0.5) is 13.2 Å². The SMILES string of the molecule is NC(=O)c1cccc2c1c1[c]cccc1n2Cc1ccccc1C(F)(F)F. The van der Waals surface area contributed by atoms with Crippen LogP contribution in [0, 0.1) is 6.07 Å². The number of amides is 1. The zero-order valence-electron chi connectivity index (χ0n) is 14.0. The smallest absolute Gasteiger partial charge is 0.366 e. The van der Waals surface area contributed by atoms with Gasteiger partial charge in [-0.05, 0) is 35.9 Å². The summed E-state index contributed by atoms with van der Waals surface area (Å²) in [7, 11) is 0. The Labute approximate surface area is 152 Å². The van der Waals surface area contributed by atoms with Crippen LogP contribution in [0.5, 0.6) is 0 Å². The van der Waals surface area contributed by atoms with E-state index in [0.717, 1.165) is 6.07 Å². The Morgan fingerprint density at radius 3 is 2.48 bits per heavy atom. The third-order valence-electron chi connectivity index (χ3n) is 4.62. The van der Waals surface area contributed by atoms with Crippen molar-refractivity contribution in [1.82, 2.24) is 4.57 Å². The Hall–Kier alpha value is -3.28. The number of alkyl halides is 3. The van der Waals surface area contributed by atoms with Crippen LogP contribution in [0.25, 0.3) is 21.8 Å². The Morgan fingerprint density at radius 1 is 1.00 bits per heavy atom. The van der Waals surface area contributed by atoms with E-state index in [1.54, 1.807) is 47.0 Å². The van der Waals surface area contributed by atoms with Gasteiger partial charge in [0.2, 0.25) is 5.91 Å². The molecule has 0 spiro atoms. The number of fused-ring (bicyclic) bond motifs is 3. The van der Waals surface area contributed by atoms with Crippen LogP contribution in [-0.2, 0) is 12.7 Å². The highest BCUT2D eigenvalue weighted by atomic mass is 19.4. The Morgan fingerprint density at radius 2 is 1.74 bits per heavy atom. The zero-order valence-corrected chi connectivity index (χ0v) is 14.0. The van der Waals surface area contributed by atoms with E-state index in [0.29, 0.717) is 27.4 Å². The molecule has 0 aliphatic carbocycles. The molecule has 0 saturated carbocycles. The molecule has 1 aromatic heterocycles. The molecule has 1 heterocycles. The molecule has 1 amide bonds. The summed E-state index contributed by atoms with van der Waals surface area (Å²) < 4.78 is 42.0. The number of carbonyl (C=O) groups is 1. The third-order valence-corrected chi connectivity index (χ3v) is 4.62. The van der Waals surface area contributed by atoms with Crippen molar-refractivity contribution in [3.63, 3.8) is 0 Å². The summed E-state index contributed by atoms with van der Waals surface area (Å²) in [5, 5.41) is 1.26. The number of halogens is 3. The second-order valence-corrected chi connectivity index (χ2v) is 6.24. The van der Waals surface area contributed by atoms with Gasteiger partial charge in [-0.3, -0.25) is 4.79 Å². The number of nitrogens with two attached hydrogens (primary N) is 1. The molecule has 4 aromatic rings. The van der Waals surface area contributed by atoms with Gasteiger partial charge in [0.05, 0.1) is 16.6 Å². The van der Waals surface area contributed by atoms with Crippen LogP contribution >= 0.6 is 0 Å². The van der Waals surface area contributed by atoms with Crippen molar-refractivity contribution in [2.45, 2.75) is 12.7 Å². The Kier molecular flexibility index (Phi) is 3.91. The number of nitrogens with zero attached hydrogens (tertiary/aromatic N) is 1. The maximum Gasteiger partial charge on any atom is 0.416 e. The van der Waals surface area contributed by atoms with E-state index in [1.165, 1.54) is 12.1 Å². The summed E-state index contributed by atoms with van der Waals surface area (Å²) >= 11 is 0. The van der Waals surface area contributed by atoms with Crippen LogP contribution < -0.4 is 5.73 Å². The van der Waals surface area contributed by atoms with Crippen molar-refractivity contribution in [2.24, 2.45) is 5.73 Å². The lowest BCUT2D eigenvalue weighted by Crippen LogP contribution is -2.12. The molecule has 6 heteroatoms. The molecule has 0 atom stereocenters. The van der Waals surface area contributed by atoms with Gasteiger partial charge in [0.1, 0.15) is 0 Å². The van der Waals surface area contributed by atoms with E-state index < -0.39 is 17.6 Å². The summed E-state index contributed by atoms with van der Waals surface area (Å²) in [6.45, 7) is 0.00967. The molecular formula is C21H14F3N2O. The fraction of sp³-hybridized carbons (Fsp3) is 0.0952. The number of hydrogen-bond acceptors (Lipinski definition) is 1. The lowest BCUT2D eigenvalue weighted by atomic mass is 10.1. The van der Waals surface area contributed by atoms with E-state index in [-0.39, 0.29) is 12.1 Å². The maximum absolute atomic E-state index is 13.4. The van der Waals surface area contributed by atoms with Gasteiger partial charge in [0, 0.05) is 22.9 Å². The normalized spacial score (nSPS) is 12.0. The summed E-state index contributed by atoms with van der Waals surface area (Å²) in [6, 6.07) is 18.9. The topological polar surface area (TPSA) is 48.0 Å². The summed E-state index contributed by atoms with van der Waals surface area (Å²) in [5.41, 5.74) is 6.63. The first-order valence-corrected chi connectivity index (χ1v) is 8.24. The molecule has 2 N–H and O–H groups in total. The third kappa shape index (κ3) is 2.83. The molecule has 0 aliphatic heterocycles. The summed E-state index contributed by atoms with van der Waals surface area (Å²) in [5.74, 6) is -0.590. The minimum absolute atomic E-state index is 0.00967. The lowest BCUT2D eigenvalue weighted by molar-refractivity contribution is -0.138. The Bertz CT molecular complexity index is 1180. The fourth-order valence-electron chi connectivity index (χ4n) is 3.49. The van der Waals surface area contributed by atoms with E-state index in [2.05, 4.69) is 6.07 Å². The largest absolute Gasteiger partial charge is 0.416 e. The van der Waals surface area contributed by atoms with Crippen molar-refractivity contribution >= 4 is 27.7 Å². The van der Waals surface area contributed by atoms with Crippen LogP contribution in [0.15, 0.2) is 60.7 Å². The van der Waals surface area contributed by atoms with Gasteiger partial charge in [-0.15, -0.1) is 0 Å². The second-order valence-electron chi connectivity index (χ2n) is 6.24. The predicted molar refractivity (Wildman–Crippen MR) is 97.3 cm³/mol. The molecule has 0 saturated heterocycles. The summed E-state index contributed by atoms with van der Waals surface area (Å²) in [6.07, 6.45) is -4.44. The first-order chi connectivity index (χ1) is 12.9. The minimum Gasteiger partial charge on any atom is -0.366 e. The number of hydrogen-bond donors (Lipinski definition) is 1. The highest BCUT2D eigenvalue weighted by Crippen LogP contribution is 2.35. The molecule has 135 valence electrons. The molecule has 1 radical (unpaired) electrons. The molecule has 0 bridgehead atoms. The highest BCUT2D eigenvalue weighted by molar-refractivity contribution is 6.17. The van der Waals surface area contributed by atoms with E-state index >= 15 is 0 Å². The van der Waals surface area contributed by atoms with E-state index in [9.17, 15) is 18.0 Å². The molecular weight excluding hydrogens is 353 g/mol. The van der Waals surface area contributed by atoms with Crippen molar-refractivity contribution in [3.05, 3.63) is 83.4 Å². The highest BCUT2D eigenvalue weighted by Gasteiger charge is 2.33. The molecule has 3 aromatic carbocycles. The Balaban J connectivity index is 2.01. The fourth-order valence-corrected chi connectivity index (χ4v) is 3.49. The molecule has 0 unspecified atom stereocenters. The van der Waals surface area contributed by atoms with Crippen LogP contribution in [0.1, 0.15) is 21.5 Å². The molecule has 0 fully saturated rings. The van der Waals surface area contributed by atoms with Gasteiger partial charge in [-0.25, -0.2) is 0 Å². The number of aromatic nitrogens is 1. The van der Waals surface area contributed by atoms with E-state index in [4.69, 9.17) is 5.73 Å².